The van der Waals surface area contributed by atoms with Crippen LogP contribution in [-0.4, -0.2) is 56.0 Å². The van der Waals surface area contributed by atoms with Crippen molar-refractivity contribution in [3.63, 3.8) is 0 Å². The van der Waals surface area contributed by atoms with Gasteiger partial charge in [-0.3, -0.25) is 9.69 Å². The molecule has 1 amide bonds. The first-order chi connectivity index (χ1) is 11.1. The molecule has 1 saturated heterocycles. The molecule has 1 heterocycles. The number of benzene rings is 1. The zero-order chi connectivity index (χ0) is 16.7. The predicted octanol–water partition coefficient (Wildman–Crippen LogP) is 2.11. The van der Waals surface area contributed by atoms with E-state index in [1.54, 1.807) is 6.07 Å². The third-order valence-corrected chi connectivity index (χ3v) is 4.39. The van der Waals surface area contributed by atoms with Gasteiger partial charge in [0.2, 0.25) is 5.91 Å². The van der Waals surface area contributed by atoms with Crippen LogP contribution in [0.3, 0.4) is 0 Å². The van der Waals surface area contributed by atoms with Gasteiger partial charge in [-0.2, -0.15) is 0 Å². The first kappa shape index (κ1) is 17.9. The molecular weight excluding hydrogens is 293 g/mol. The van der Waals surface area contributed by atoms with Gasteiger partial charge in [-0.1, -0.05) is 18.2 Å². The van der Waals surface area contributed by atoms with Crippen LogP contribution in [-0.2, 0) is 11.3 Å². The Hall–Kier alpha value is -1.46. The van der Waals surface area contributed by atoms with Crippen LogP contribution in [0.25, 0.3) is 0 Å². The monoisotopic (exact) mass is 321 g/mol. The van der Waals surface area contributed by atoms with Crippen molar-refractivity contribution in [2.24, 2.45) is 5.92 Å². The van der Waals surface area contributed by atoms with E-state index in [1.807, 2.05) is 26.2 Å². The lowest BCUT2D eigenvalue weighted by Crippen LogP contribution is -2.40. The minimum Gasteiger partial charge on any atom is -0.356 e. The van der Waals surface area contributed by atoms with Crippen molar-refractivity contribution in [1.82, 2.24) is 15.1 Å². The summed E-state index contributed by atoms with van der Waals surface area (Å²) < 4.78 is 13.7. The Morgan fingerprint density at radius 2 is 2.00 bits per heavy atom. The number of rotatable bonds is 7. The molecule has 0 spiro atoms. The van der Waals surface area contributed by atoms with Crippen molar-refractivity contribution in [2.75, 3.05) is 40.3 Å². The van der Waals surface area contributed by atoms with Crippen molar-refractivity contribution in [1.29, 1.82) is 0 Å². The molecular formula is C18H28FN3O. The fourth-order valence-electron chi connectivity index (χ4n) is 2.97. The Balaban J connectivity index is 1.69. The van der Waals surface area contributed by atoms with Gasteiger partial charge in [0.1, 0.15) is 5.82 Å². The van der Waals surface area contributed by atoms with Crippen LogP contribution in [0.2, 0.25) is 0 Å². The predicted molar refractivity (Wildman–Crippen MR) is 90.6 cm³/mol. The minimum absolute atomic E-state index is 0.103. The summed E-state index contributed by atoms with van der Waals surface area (Å²) in [4.78, 5) is 16.5. The number of hydrogen-bond acceptors (Lipinski definition) is 3. The summed E-state index contributed by atoms with van der Waals surface area (Å²) in [5.41, 5.74) is 0.735. The second-order valence-electron chi connectivity index (χ2n) is 6.59. The van der Waals surface area contributed by atoms with Gasteiger partial charge in [0.25, 0.3) is 0 Å². The lowest BCUT2D eigenvalue weighted by molar-refractivity contribution is -0.126. The molecule has 0 unspecified atom stereocenters. The van der Waals surface area contributed by atoms with Gasteiger partial charge in [0, 0.05) is 24.6 Å². The van der Waals surface area contributed by atoms with Crippen LogP contribution in [0.15, 0.2) is 24.3 Å². The molecule has 0 aromatic heterocycles. The molecule has 1 aliphatic rings. The first-order valence-electron chi connectivity index (χ1n) is 8.44. The number of nitrogens with zero attached hydrogens (tertiary/aromatic N) is 2. The minimum atomic E-state index is -0.145. The molecule has 1 aliphatic heterocycles. The molecule has 0 aliphatic carbocycles. The summed E-state index contributed by atoms with van der Waals surface area (Å²) in [6, 6.07) is 6.92. The van der Waals surface area contributed by atoms with E-state index in [0.717, 1.165) is 51.0 Å². The first-order valence-corrected chi connectivity index (χ1v) is 8.44. The normalized spacial score (nSPS) is 16.7. The highest BCUT2D eigenvalue weighted by molar-refractivity contribution is 5.78. The number of amides is 1. The van der Waals surface area contributed by atoms with Gasteiger partial charge in [-0.25, -0.2) is 4.39 Å². The lowest BCUT2D eigenvalue weighted by Gasteiger charge is -2.31. The molecule has 1 fully saturated rings. The molecule has 0 radical (unpaired) electrons. The zero-order valence-electron chi connectivity index (χ0n) is 14.2. The standard InChI is InChI=1S/C18H28FN3O/c1-21(2)11-5-10-20-18(23)15-8-12-22(13-9-15)14-16-6-3-4-7-17(16)19/h3-4,6-7,15H,5,8-14H2,1-2H3,(H,20,23). The molecule has 0 atom stereocenters. The van der Waals surface area contributed by atoms with E-state index in [4.69, 9.17) is 0 Å². The highest BCUT2D eigenvalue weighted by Gasteiger charge is 2.24. The Kier molecular flexibility index (Phi) is 6.99. The van der Waals surface area contributed by atoms with E-state index in [1.165, 1.54) is 6.07 Å². The quantitative estimate of drug-likeness (QED) is 0.781. The third kappa shape index (κ3) is 5.92. The maximum atomic E-state index is 13.7. The summed E-state index contributed by atoms with van der Waals surface area (Å²) in [7, 11) is 4.07. The fraction of sp³-hybridized carbons (Fsp3) is 0.611. The SMILES string of the molecule is CN(C)CCCNC(=O)C1CCN(Cc2ccccc2F)CC1. The molecule has 128 valence electrons. The van der Waals surface area contributed by atoms with E-state index in [0.29, 0.717) is 6.54 Å². The van der Waals surface area contributed by atoms with E-state index in [2.05, 4.69) is 15.1 Å². The lowest BCUT2D eigenvalue weighted by atomic mass is 9.95. The fourth-order valence-corrected chi connectivity index (χ4v) is 2.97. The van der Waals surface area contributed by atoms with E-state index in [9.17, 15) is 9.18 Å². The van der Waals surface area contributed by atoms with Gasteiger partial charge in [-0.05, 0) is 59.1 Å². The summed E-state index contributed by atoms with van der Waals surface area (Å²) in [6.45, 7) is 4.06. The van der Waals surface area contributed by atoms with Crippen LogP contribution in [0, 0.1) is 11.7 Å². The maximum absolute atomic E-state index is 13.7. The van der Waals surface area contributed by atoms with Gasteiger partial charge in [0.15, 0.2) is 0 Å². The molecule has 0 bridgehead atoms. The van der Waals surface area contributed by atoms with Crippen molar-refractivity contribution in [3.05, 3.63) is 35.6 Å². The van der Waals surface area contributed by atoms with Crippen molar-refractivity contribution < 1.29 is 9.18 Å². The van der Waals surface area contributed by atoms with Gasteiger partial charge < -0.3 is 10.2 Å². The molecule has 1 aromatic rings. The average molecular weight is 321 g/mol. The summed E-state index contributed by atoms with van der Waals surface area (Å²) in [5, 5.41) is 3.04. The summed E-state index contributed by atoms with van der Waals surface area (Å²) in [6.07, 6.45) is 2.69. The van der Waals surface area contributed by atoms with Crippen molar-refractivity contribution in [3.8, 4) is 0 Å². The molecule has 5 heteroatoms. The largest absolute Gasteiger partial charge is 0.356 e. The second kappa shape index (κ2) is 8.99. The molecule has 1 aromatic carbocycles. The number of piperidine rings is 1. The Labute approximate surface area is 138 Å². The van der Waals surface area contributed by atoms with E-state index < -0.39 is 0 Å². The van der Waals surface area contributed by atoms with Crippen molar-refractivity contribution in [2.45, 2.75) is 25.8 Å². The number of halogens is 1. The highest BCUT2D eigenvalue weighted by Crippen LogP contribution is 2.20. The Morgan fingerprint density at radius 3 is 2.65 bits per heavy atom. The third-order valence-electron chi connectivity index (χ3n) is 4.39. The van der Waals surface area contributed by atoms with Crippen LogP contribution in [0.4, 0.5) is 4.39 Å². The summed E-state index contributed by atoms with van der Waals surface area (Å²) in [5.74, 6) is 0.133. The number of hydrogen-bond donors (Lipinski definition) is 1. The number of carbonyl (C=O) groups excluding carboxylic acids is 1. The second-order valence-corrected chi connectivity index (χ2v) is 6.59. The molecule has 2 rings (SSSR count). The van der Waals surface area contributed by atoms with Crippen LogP contribution < -0.4 is 5.32 Å². The smallest absolute Gasteiger partial charge is 0.223 e. The van der Waals surface area contributed by atoms with Crippen LogP contribution in [0.5, 0.6) is 0 Å². The molecule has 1 N–H and O–H groups in total. The topological polar surface area (TPSA) is 35.6 Å². The Morgan fingerprint density at radius 1 is 1.30 bits per heavy atom. The number of likely N-dealkylation sites (tertiary alicyclic amines) is 1. The van der Waals surface area contributed by atoms with E-state index >= 15 is 0 Å². The Bertz CT molecular complexity index is 499. The highest BCUT2D eigenvalue weighted by atomic mass is 19.1. The number of nitrogens with one attached hydrogen (secondary N) is 1. The average Bonchev–Trinajstić information content (AvgIpc) is 2.54. The zero-order valence-corrected chi connectivity index (χ0v) is 14.2. The van der Waals surface area contributed by atoms with E-state index in [-0.39, 0.29) is 17.6 Å². The van der Waals surface area contributed by atoms with Gasteiger partial charge in [-0.15, -0.1) is 0 Å². The van der Waals surface area contributed by atoms with Crippen LogP contribution >= 0.6 is 0 Å². The molecule has 23 heavy (non-hydrogen) atoms. The molecule has 4 nitrogen and oxygen atoms in total. The van der Waals surface area contributed by atoms with Gasteiger partial charge in [0.05, 0.1) is 0 Å². The summed E-state index contributed by atoms with van der Waals surface area (Å²) >= 11 is 0. The van der Waals surface area contributed by atoms with Crippen LogP contribution in [0.1, 0.15) is 24.8 Å². The maximum Gasteiger partial charge on any atom is 0.223 e. The van der Waals surface area contributed by atoms with Crippen molar-refractivity contribution >= 4 is 5.91 Å². The molecule has 0 saturated carbocycles. The number of carbonyl (C=O) groups is 1. The van der Waals surface area contributed by atoms with Gasteiger partial charge >= 0.3 is 0 Å².